The number of carbonyl (C=O) groups excluding carboxylic acids is 2. The van der Waals surface area contributed by atoms with Crippen LogP contribution in [0.5, 0.6) is 5.75 Å². The van der Waals surface area contributed by atoms with Gasteiger partial charge in [0.05, 0.1) is 0 Å². The number of epoxide rings is 1. The summed E-state index contributed by atoms with van der Waals surface area (Å²) in [6, 6.07) is 7.29. The molecule has 5 heteroatoms. The Morgan fingerprint density at radius 1 is 1.08 bits per heavy atom. The molecule has 1 aromatic carbocycles. The van der Waals surface area contributed by atoms with Crippen LogP contribution in [0.25, 0.3) is 0 Å². The Bertz CT molecular complexity index is 578. The molecule has 5 nitrogen and oxygen atoms in total. The van der Waals surface area contributed by atoms with Crippen LogP contribution in [0.2, 0.25) is 0 Å². The minimum atomic E-state index is -0.225. The van der Waals surface area contributed by atoms with Crippen molar-refractivity contribution in [2.24, 2.45) is 11.8 Å². The normalized spacial score (nSPS) is 20.2. The van der Waals surface area contributed by atoms with Crippen LogP contribution >= 0.6 is 0 Å². The Hall–Kier alpha value is -1.88. The van der Waals surface area contributed by atoms with Gasteiger partial charge in [0.2, 0.25) is 0 Å². The number of esters is 2. The van der Waals surface area contributed by atoms with Crippen molar-refractivity contribution in [2.45, 2.75) is 59.2 Å². The molecular weight excluding hydrogens is 320 g/mol. The third-order valence-corrected chi connectivity index (χ3v) is 4.22. The summed E-state index contributed by atoms with van der Waals surface area (Å²) in [7, 11) is 0. The molecule has 0 spiro atoms. The van der Waals surface area contributed by atoms with E-state index < -0.39 is 0 Å². The number of benzene rings is 1. The Kier molecular flexibility index (Phi) is 7.00. The zero-order valence-corrected chi connectivity index (χ0v) is 15.5. The minimum absolute atomic E-state index is 0.0585. The van der Waals surface area contributed by atoms with Gasteiger partial charge in [-0.2, -0.15) is 0 Å². The van der Waals surface area contributed by atoms with Crippen molar-refractivity contribution >= 4 is 11.9 Å². The van der Waals surface area contributed by atoms with Gasteiger partial charge < -0.3 is 14.2 Å². The van der Waals surface area contributed by atoms with E-state index in [0.29, 0.717) is 24.5 Å². The molecule has 0 radical (unpaired) electrons. The smallest absolute Gasteiger partial charge is 0.311 e. The molecule has 25 heavy (non-hydrogen) atoms. The van der Waals surface area contributed by atoms with Crippen molar-refractivity contribution in [1.82, 2.24) is 0 Å². The molecular formula is C20H28O5. The van der Waals surface area contributed by atoms with Crippen LogP contribution < -0.4 is 4.74 Å². The van der Waals surface area contributed by atoms with Crippen LogP contribution in [0.3, 0.4) is 0 Å². The standard InChI is InChI=1S/C20H28O5/c1-5-14(4)11-18(21)23-12-17-20(25-17)15-6-8-16(9-7-15)24-19(22)10-13(2)3/h6-9,13-14,17,20H,5,10-12H2,1-4H3. The van der Waals surface area contributed by atoms with E-state index in [1.165, 1.54) is 0 Å². The van der Waals surface area contributed by atoms with E-state index in [4.69, 9.17) is 14.2 Å². The lowest BCUT2D eigenvalue weighted by molar-refractivity contribution is -0.145. The predicted octanol–water partition coefficient (Wildman–Crippen LogP) is 4.06. The van der Waals surface area contributed by atoms with Gasteiger partial charge in [0.1, 0.15) is 24.6 Å². The fraction of sp³-hybridized carbons (Fsp3) is 0.600. The lowest BCUT2D eigenvalue weighted by atomic mass is 10.1. The van der Waals surface area contributed by atoms with Gasteiger partial charge >= 0.3 is 11.9 Å². The predicted molar refractivity (Wildman–Crippen MR) is 94.2 cm³/mol. The molecule has 3 unspecified atom stereocenters. The third-order valence-electron chi connectivity index (χ3n) is 4.22. The molecule has 0 aliphatic carbocycles. The first-order valence-electron chi connectivity index (χ1n) is 9.00. The van der Waals surface area contributed by atoms with Gasteiger partial charge in [0.15, 0.2) is 0 Å². The molecule has 2 rings (SSSR count). The maximum Gasteiger partial charge on any atom is 0.311 e. The van der Waals surface area contributed by atoms with E-state index in [1.54, 1.807) is 12.1 Å². The molecule has 138 valence electrons. The quantitative estimate of drug-likeness (QED) is 0.382. The summed E-state index contributed by atoms with van der Waals surface area (Å²) in [5.41, 5.74) is 0.992. The van der Waals surface area contributed by atoms with Crippen molar-refractivity contribution < 1.29 is 23.8 Å². The zero-order chi connectivity index (χ0) is 18.4. The zero-order valence-electron chi connectivity index (χ0n) is 15.5. The summed E-state index contributed by atoms with van der Waals surface area (Å²) in [6.07, 6.45) is 1.67. The molecule has 1 aromatic rings. The first-order chi connectivity index (χ1) is 11.9. The van der Waals surface area contributed by atoms with E-state index in [1.807, 2.05) is 32.9 Å². The van der Waals surface area contributed by atoms with E-state index in [-0.39, 0.29) is 36.7 Å². The second-order valence-electron chi connectivity index (χ2n) is 7.14. The van der Waals surface area contributed by atoms with Crippen molar-refractivity contribution in [3.05, 3.63) is 29.8 Å². The summed E-state index contributed by atoms with van der Waals surface area (Å²) < 4.78 is 16.1. The van der Waals surface area contributed by atoms with Gasteiger partial charge in [0, 0.05) is 12.8 Å². The topological polar surface area (TPSA) is 65.1 Å². The highest BCUT2D eigenvalue weighted by molar-refractivity contribution is 5.72. The summed E-state index contributed by atoms with van der Waals surface area (Å²) in [4.78, 5) is 23.3. The Morgan fingerprint density at radius 2 is 1.76 bits per heavy atom. The molecule has 0 aromatic heterocycles. The SMILES string of the molecule is CCC(C)CC(=O)OCC1OC1c1ccc(OC(=O)CC(C)C)cc1. The van der Waals surface area contributed by atoms with Crippen LogP contribution in [-0.2, 0) is 19.1 Å². The number of carbonyl (C=O) groups is 2. The monoisotopic (exact) mass is 348 g/mol. The van der Waals surface area contributed by atoms with Gasteiger partial charge in [-0.25, -0.2) is 0 Å². The number of hydrogen-bond acceptors (Lipinski definition) is 5. The van der Waals surface area contributed by atoms with Gasteiger partial charge in [-0.05, 0) is 29.5 Å². The number of rotatable bonds is 9. The molecule has 0 bridgehead atoms. The number of ether oxygens (including phenoxy) is 3. The summed E-state index contributed by atoms with van der Waals surface area (Å²) in [5, 5.41) is 0. The molecule has 0 N–H and O–H groups in total. The van der Waals surface area contributed by atoms with Gasteiger partial charge in [-0.15, -0.1) is 0 Å². The molecule has 1 fully saturated rings. The highest BCUT2D eigenvalue weighted by Crippen LogP contribution is 2.39. The summed E-state index contributed by atoms with van der Waals surface area (Å²) >= 11 is 0. The first-order valence-corrected chi connectivity index (χ1v) is 9.00. The average molecular weight is 348 g/mol. The van der Waals surface area contributed by atoms with Crippen LogP contribution in [0.1, 0.15) is 58.6 Å². The summed E-state index contributed by atoms with van der Waals surface area (Å²) in [5.74, 6) is 0.754. The Morgan fingerprint density at radius 3 is 2.36 bits per heavy atom. The van der Waals surface area contributed by atoms with Crippen molar-refractivity contribution in [3.8, 4) is 5.75 Å². The van der Waals surface area contributed by atoms with Crippen LogP contribution in [-0.4, -0.2) is 24.6 Å². The lowest BCUT2D eigenvalue weighted by Crippen LogP contribution is -2.13. The minimum Gasteiger partial charge on any atom is -0.463 e. The molecule has 1 heterocycles. The molecule has 1 saturated heterocycles. The van der Waals surface area contributed by atoms with Crippen molar-refractivity contribution in [2.75, 3.05) is 6.61 Å². The van der Waals surface area contributed by atoms with E-state index in [9.17, 15) is 9.59 Å². The Labute approximate surface area is 149 Å². The third kappa shape index (κ3) is 6.50. The lowest BCUT2D eigenvalue weighted by Gasteiger charge is -2.07. The second-order valence-corrected chi connectivity index (χ2v) is 7.14. The summed E-state index contributed by atoms with van der Waals surface area (Å²) in [6.45, 7) is 8.33. The van der Waals surface area contributed by atoms with Gasteiger partial charge in [-0.3, -0.25) is 9.59 Å². The highest BCUT2D eigenvalue weighted by atomic mass is 16.6. The van der Waals surface area contributed by atoms with Crippen LogP contribution in [0.4, 0.5) is 0 Å². The number of hydrogen-bond donors (Lipinski definition) is 0. The van der Waals surface area contributed by atoms with Gasteiger partial charge in [0.25, 0.3) is 0 Å². The van der Waals surface area contributed by atoms with Crippen LogP contribution in [0.15, 0.2) is 24.3 Å². The maximum absolute atomic E-state index is 11.7. The first kappa shape index (κ1) is 19.4. The highest BCUT2D eigenvalue weighted by Gasteiger charge is 2.41. The molecule has 1 aliphatic rings. The Balaban J connectivity index is 1.75. The fourth-order valence-corrected chi connectivity index (χ4v) is 2.46. The molecule has 0 saturated carbocycles. The maximum atomic E-state index is 11.7. The molecule has 0 amide bonds. The average Bonchev–Trinajstić information content (AvgIpc) is 3.32. The molecule has 1 aliphatic heterocycles. The second kappa shape index (κ2) is 8.99. The van der Waals surface area contributed by atoms with Crippen molar-refractivity contribution in [1.29, 1.82) is 0 Å². The van der Waals surface area contributed by atoms with E-state index >= 15 is 0 Å². The largest absolute Gasteiger partial charge is 0.463 e. The van der Waals surface area contributed by atoms with E-state index in [0.717, 1.165) is 12.0 Å². The van der Waals surface area contributed by atoms with Gasteiger partial charge in [-0.1, -0.05) is 46.2 Å². The molecule has 3 atom stereocenters. The fourth-order valence-electron chi connectivity index (χ4n) is 2.46. The van der Waals surface area contributed by atoms with E-state index in [2.05, 4.69) is 6.92 Å². The van der Waals surface area contributed by atoms with Crippen LogP contribution in [0, 0.1) is 11.8 Å². The van der Waals surface area contributed by atoms with Crippen molar-refractivity contribution in [3.63, 3.8) is 0 Å².